The number of hydrogen-bond donors (Lipinski definition) is 1. The first kappa shape index (κ1) is 16.3. The standard InChI is InChI=1S/C18H13N3OS3/c1-11-5-2-3-6-13(11)20-18-21-16(22)15(25-18)9-12-10-24-17(19-12)14-7-4-8-23-14/h2-10H,1H3,(H,20,21,22)/b15-9-. The maximum absolute atomic E-state index is 12.2. The van der Waals surface area contributed by atoms with Crippen LogP contribution in [0.5, 0.6) is 0 Å². The minimum absolute atomic E-state index is 0.136. The van der Waals surface area contributed by atoms with Gasteiger partial charge in [0.05, 0.1) is 21.2 Å². The number of amidine groups is 1. The highest BCUT2D eigenvalue weighted by Crippen LogP contribution is 2.32. The van der Waals surface area contributed by atoms with E-state index in [4.69, 9.17) is 0 Å². The Bertz CT molecular complexity index is 987. The summed E-state index contributed by atoms with van der Waals surface area (Å²) in [5.41, 5.74) is 2.73. The van der Waals surface area contributed by atoms with Gasteiger partial charge >= 0.3 is 0 Å². The van der Waals surface area contributed by atoms with Crippen LogP contribution in [-0.4, -0.2) is 16.1 Å². The topological polar surface area (TPSA) is 54.4 Å². The van der Waals surface area contributed by atoms with E-state index in [0.29, 0.717) is 10.1 Å². The molecule has 7 heteroatoms. The van der Waals surface area contributed by atoms with Crippen LogP contribution in [0.15, 0.2) is 57.1 Å². The van der Waals surface area contributed by atoms with Crippen LogP contribution in [0.3, 0.4) is 0 Å². The van der Waals surface area contributed by atoms with Crippen LogP contribution < -0.4 is 5.32 Å². The molecule has 1 aliphatic rings. The Morgan fingerprint density at radius 2 is 2.04 bits per heavy atom. The van der Waals surface area contributed by atoms with Crippen LogP contribution in [0.25, 0.3) is 16.0 Å². The van der Waals surface area contributed by atoms with Gasteiger partial charge in [0, 0.05) is 5.38 Å². The first-order valence-corrected chi connectivity index (χ1v) is 10.1. The minimum atomic E-state index is -0.136. The molecular formula is C18H13N3OS3. The molecule has 2 aromatic heterocycles. The van der Waals surface area contributed by atoms with Gasteiger partial charge in [-0.1, -0.05) is 24.3 Å². The summed E-state index contributed by atoms with van der Waals surface area (Å²) in [7, 11) is 0. The van der Waals surface area contributed by atoms with Gasteiger partial charge in [-0.15, -0.1) is 22.7 Å². The van der Waals surface area contributed by atoms with E-state index < -0.39 is 0 Å². The molecule has 1 amide bonds. The van der Waals surface area contributed by atoms with Gasteiger partial charge in [0.25, 0.3) is 5.91 Å². The van der Waals surface area contributed by atoms with Gasteiger partial charge in [-0.3, -0.25) is 4.79 Å². The minimum Gasteiger partial charge on any atom is -0.300 e. The Hall–Kier alpha value is -2.22. The second-order valence-corrected chi connectivity index (χ2v) is 8.16. The largest absolute Gasteiger partial charge is 0.300 e. The van der Waals surface area contributed by atoms with Gasteiger partial charge in [0.2, 0.25) is 0 Å². The number of benzene rings is 1. The molecule has 3 aromatic rings. The first-order valence-electron chi connectivity index (χ1n) is 7.54. The number of aromatic nitrogens is 1. The van der Waals surface area contributed by atoms with Crippen molar-refractivity contribution in [2.45, 2.75) is 6.92 Å². The molecule has 1 aromatic carbocycles. The Morgan fingerprint density at radius 1 is 1.16 bits per heavy atom. The van der Waals surface area contributed by atoms with E-state index in [0.717, 1.165) is 26.8 Å². The molecule has 1 aliphatic heterocycles. The average Bonchev–Trinajstić information content (AvgIpc) is 3.32. The summed E-state index contributed by atoms with van der Waals surface area (Å²) >= 11 is 4.58. The van der Waals surface area contributed by atoms with Crippen molar-refractivity contribution in [2.24, 2.45) is 4.99 Å². The van der Waals surface area contributed by atoms with E-state index in [-0.39, 0.29) is 5.91 Å². The monoisotopic (exact) mass is 383 g/mol. The van der Waals surface area contributed by atoms with E-state index in [1.54, 1.807) is 22.7 Å². The number of nitrogens with one attached hydrogen (secondary N) is 1. The normalized spacial score (nSPS) is 17.4. The third-order valence-corrected chi connectivity index (χ3v) is 6.33. The molecule has 3 heterocycles. The lowest BCUT2D eigenvalue weighted by Gasteiger charge is -1.99. The predicted molar refractivity (Wildman–Crippen MR) is 107 cm³/mol. The molecule has 0 spiro atoms. The highest BCUT2D eigenvalue weighted by Gasteiger charge is 2.24. The molecule has 1 N–H and O–H groups in total. The Morgan fingerprint density at radius 3 is 2.84 bits per heavy atom. The number of carbonyl (C=O) groups excluding carboxylic acids is 1. The number of thiazole rings is 1. The Labute approximate surface area is 157 Å². The smallest absolute Gasteiger partial charge is 0.264 e. The van der Waals surface area contributed by atoms with Crippen LogP contribution in [0, 0.1) is 6.92 Å². The lowest BCUT2D eigenvalue weighted by Crippen LogP contribution is -2.19. The van der Waals surface area contributed by atoms with E-state index in [1.165, 1.54) is 11.8 Å². The third kappa shape index (κ3) is 3.58. The van der Waals surface area contributed by atoms with Crippen molar-refractivity contribution >= 4 is 57.3 Å². The zero-order chi connectivity index (χ0) is 17.2. The Balaban J connectivity index is 1.57. The SMILES string of the molecule is Cc1ccccc1N=C1NC(=O)/C(=C/c2csc(-c3cccs3)n2)S1. The number of carbonyl (C=O) groups is 1. The highest BCUT2D eigenvalue weighted by atomic mass is 32.2. The predicted octanol–water partition coefficient (Wildman–Crippen LogP) is 5.07. The summed E-state index contributed by atoms with van der Waals surface area (Å²) in [6.07, 6.45) is 1.81. The van der Waals surface area contributed by atoms with Crippen LogP contribution in [0.2, 0.25) is 0 Å². The second-order valence-electron chi connectivity index (χ2n) is 5.32. The van der Waals surface area contributed by atoms with Crippen molar-refractivity contribution in [3.63, 3.8) is 0 Å². The third-order valence-electron chi connectivity index (χ3n) is 3.52. The number of thioether (sulfide) groups is 1. The van der Waals surface area contributed by atoms with Gasteiger partial charge in [-0.25, -0.2) is 9.98 Å². The summed E-state index contributed by atoms with van der Waals surface area (Å²) in [5.74, 6) is -0.136. The molecule has 124 valence electrons. The highest BCUT2D eigenvalue weighted by molar-refractivity contribution is 8.18. The van der Waals surface area contributed by atoms with Crippen molar-refractivity contribution in [2.75, 3.05) is 0 Å². The molecule has 0 bridgehead atoms. The van der Waals surface area contributed by atoms with Gasteiger partial charge < -0.3 is 5.32 Å². The van der Waals surface area contributed by atoms with Gasteiger partial charge in [-0.2, -0.15) is 0 Å². The molecule has 1 fully saturated rings. The lowest BCUT2D eigenvalue weighted by atomic mass is 10.2. The average molecular weight is 384 g/mol. The number of aliphatic imine (C=N–C) groups is 1. The fraction of sp³-hybridized carbons (Fsp3) is 0.0556. The maximum Gasteiger partial charge on any atom is 0.264 e. The van der Waals surface area contributed by atoms with Crippen LogP contribution >= 0.6 is 34.4 Å². The molecule has 0 unspecified atom stereocenters. The van der Waals surface area contributed by atoms with Gasteiger partial charge in [0.1, 0.15) is 5.01 Å². The van der Waals surface area contributed by atoms with Crippen molar-refractivity contribution < 1.29 is 4.79 Å². The molecule has 0 aliphatic carbocycles. The summed E-state index contributed by atoms with van der Waals surface area (Å²) in [5, 5.41) is 8.38. The van der Waals surface area contributed by atoms with E-state index >= 15 is 0 Å². The molecule has 0 saturated carbocycles. The van der Waals surface area contributed by atoms with E-state index in [1.807, 2.05) is 60.2 Å². The molecule has 4 rings (SSSR count). The number of rotatable bonds is 3. The van der Waals surface area contributed by atoms with Gasteiger partial charge in [0.15, 0.2) is 5.17 Å². The number of amides is 1. The number of nitrogens with zero attached hydrogens (tertiary/aromatic N) is 2. The van der Waals surface area contributed by atoms with Gasteiger partial charge in [-0.05, 0) is 47.8 Å². The fourth-order valence-electron chi connectivity index (χ4n) is 2.28. The Kier molecular flexibility index (Phi) is 4.52. The van der Waals surface area contributed by atoms with Crippen molar-refractivity contribution in [1.29, 1.82) is 0 Å². The first-order chi connectivity index (χ1) is 12.2. The van der Waals surface area contributed by atoms with Crippen molar-refractivity contribution in [3.05, 3.63) is 63.3 Å². The van der Waals surface area contributed by atoms with E-state index in [2.05, 4.69) is 15.3 Å². The maximum atomic E-state index is 12.2. The summed E-state index contributed by atoms with van der Waals surface area (Å²) in [6, 6.07) is 11.9. The van der Waals surface area contributed by atoms with Crippen LogP contribution in [-0.2, 0) is 4.79 Å². The lowest BCUT2D eigenvalue weighted by molar-refractivity contribution is -0.115. The van der Waals surface area contributed by atoms with Crippen LogP contribution in [0.1, 0.15) is 11.3 Å². The number of para-hydroxylation sites is 1. The molecule has 0 atom stereocenters. The van der Waals surface area contributed by atoms with Crippen LogP contribution in [0.4, 0.5) is 5.69 Å². The zero-order valence-electron chi connectivity index (χ0n) is 13.2. The summed E-state index contributed by atoms with van der Waals surface area (Å²) in [6.45, 7) is 2.00. The number of thiophene rings is 1. The quantitative estimate of drug-likeness (QED) is 0.642. The molecule has 0 radical (unpaired) electrons. The summed E-state index contributed by atoms with van der Waals surface area (Å²) in [4.78, 5) is 23.1. The van der Waals surface area contributed by atoms with Crippen molar-refractivity contribution in [3.8, 4) is 9.88 Å². The second kappa shape index (κ2) is 6.95. The zero-order valence-corrected chi connectivity index (χ0v) is 15.7. The number of aryl methyl sites for hydroxylation is 1. The molecule has 4 nitrogen and oxygen atoms in total. The molecular weight excluding hydrogens is 370 g/mol. The summed E-state index contributed by atoms with van der Waals surface area (Å²) < 4.78 is 0. The van der Waals surface area contributed by atoms with Crippen molar-refractivity contribution in [1.82, 2.24) is 10.3 Å². The molecule has 25 heavy (non-hydrogen) atoms. The number of hydrogen-bond acceptors (Lipinski definition) is 6. The van der Waals surface area contributed by atoms with E-state index in [9.17, 15) is 4.79 Å². The molecule has 1 saturated heterocycles. The fourth-order valence-corrected chi connectivity index (χ4v) is 4.69.